The predicted octanol–water partition coefficient (Wildman–Crippen LogP) is 4.13. The lowest BCUT2D eigenvalue weighted by molar-refractivity contribution is -0.137. The van der Waals surface area contributed by atoms with E-state index in [0.717, 1.165) is 12.1 Å². The maximum absolute atomic E-state index is 13.2. The second-order valence-electron chi connectivity index (χ2n) is 8.20. The number of alkyl carbamates (subject to hydrolysis) is 1. The Bertz CT molecular complexity index is 941. The number of rotatable bonds is 3. The molecule has 2 fully saturated rings. The van der Waals surface area contributed by atoms with Crippen LogP contribution >= 0.6 is 11.8 Å². The second kappa shape index (κ2) is 8.45. The van der Waals surface area contributed by atoms with Crippen molar-refractivity contribution in [3.63, 3.8) is 0 Å². The van der Waals surface area contributed by atoms with E-state index in [1.807, 2.05) is 4.90 Å². The first-order valence-corrected chi connectivity index (χ1v) is 10.3. The van der Waals surface area contributed by atoms with Crippen molar-refractivity contribution in [2.24, 2.45) is 0 Å². The average Bonchev–Trinajstić information content (AvgIpc) is 3.18. The van der Waals surface area contributed by atoms with Crippen LogP contribution in [0.5, 0.6) is 0 Å². The molecule has 0 aromatic heterocycles. The van der Waals surface area contributed by atoms with E-state index in [0.29, 0.717) is 37.0 Å². The van der Waals surface area contributed by atoms with E-state index in [1.165, 1.54) is 12.1 Å². The summed E-state index contributed by atoms with van der Waals surface area (Å²) in [4.78, 5) is 37.1. The standard InChI is InChI=1S/C20H22F3N3O4S/c1-19(2,3)30-17(28)24-13-6-7-26(10-13)14-5-4-12(20(21,22)23)8-11(14)9-15-16(27)25-18(29)31-15/h4-5,8-9,13H,6-7,10H2,1-3H3,(H,24,28)(H,25,27,29)/b15-9-/t13-/m0/s1. The second-order valence-corrected chi connectivity index (χ2v) is 9.22. The molecule has 0 saturated carbocycles. The molecule has 11 heteroatoms. The summed E-state index contributed by atoms with van der Waals surface area (Å²) >= 11 is 0.636. The largest absolute Gasteiger partial charge is 0.444 e. The molecule has 2 heterocycles. The molecule has 0 bridgehead atoms. The molecule has 2 saturated heterocycles. The predicted molar refractivity (Wildman–Crippen MR) is 111 cm³/mol. The van der Waals surface area contributed by atoms with Crippen LogP contribution in [-0.2, 0) is 15.7 Å². The van der Waals surface area contributed by atoms with Crippen LogP contribution in [0.25, 0.3) is 6.08 Å². The first kappa shape index (κ1) is 23.0. The fourth-order valence-corrected chi connectivity index (χ4v) is 3.94. The summed E-state index contributed by atoms with van der Waals surface area (Å²) in [7, 11) is 0. The molecule has 0 unspecified atom stereocenters. The number of nitrogens with zero attached hydrogens (tertiary/aromatic N) is 1. The van der Waals surface area contributed by atoms with Crippen molar-refractivity contribution in [3.8, 4) is 0 Å². The average molecular weight is 457 g/mol. The van der Waals surface area contributed by atoms with E-state index in [2.05, 4.69) is 10.6 Å². The number of benzene rings is 1. The monoisotopic (exact) mass is 457 g/mol. The maximum atomic E-state index is 13.2. The number of hydrogen-bond acceptors (Lipinski definition) is 6. The summed E-state index contributed by atoms with van der Waals surface area (Å²) < 4.78 is 45.0. The molecule has 0 spiro atoms. The number of alkyl halides is 3. The summed E-state index contributed by atoms with van der Waals surface area (Å²) in [6.07, 6.45) is -3.27. The van der Waals surface area contributed by atoms with E-state index in [1.54, 1.807) is 20.8 Å². The normalized spacial score (nSPS) is 20.9. The van der Waals surface area contributed by atoms with Crippen LogP contribution in [0.1, 0.15) is 38.3 Å². The van der Waals surface area contributed by atoms with Gasteiger partial charge in [0.15, 0.2) is 0 Å². The number of ether oxygens (including phenoxy) is 1. The number of imide groups is 1. The van der Waals surface area contributed by atoms with Crippen molar-refractivity contribution < 1.29 is 32.3 Å². The Kier molecular flexibility index (Phi) is 6.26. The van der Waals surface area contributed by atoms with Gasteiger partial charge in [0.2, 0.25) is 0 Å². The van der Waals surface area contributed by atoms with Crippen molar-refractivity contribution in [1.82, 2.24) is 10.6 Å². The molecular formula is C20H22F3N3O4S. The Balaban J connectivity index is 1.84. The Morgan fingerprint density at radius 2 is 2.00 bits per heavy atom. The van der Waals surface area contributed by atoms with Gasteiger partial charge in [-0.3, -0.25) is 14.9 Å². The maximum Gasteiger partial charge on any atom is 0.416 e. The van der Waals surface area contributed by atoms with E-state index in [9.17, 15) is 27.6 Å². The van der Waals surface area contributed by atoms with Crippen LogP contribution in [0.4, 0.5) is 28.4 Å². The molecule has 1 atom stereocenters. The SMILES string of the molecule is CC(C)(C)OC(=O)N[C@H]1CCN(c2ccc(C(F)(F)F)cc2/C=C2\SC(=O)NC2=O)C1. The summed E-state index contributed by atoms with van der Waals surface area (Å²) in [5.41, 5.74) is -0.867. The van der Waals surface area contributed by atoms with E-state index in [-0.39, 0.29) is 16.5 Å². The Labute approximate surface area is 181 Å². The highest BCUT2D eigenvalue weighted by molar-refractivity contribution is 8.18. The topological polar surface area (TPSA) is 87.7 Å². The fraction of sp³-hybridized carbons (Fsp3) is 0.450. The first-order chi connectivity index (χ1) is 14.3. The summed E-state index contributed by atoms with van der Waals surface area (Å²) in [5, 5.41) is 4.28. The Morgan fingerprint density at radius 1 is 1.29 bits per heavy atom. The van der Waals surface area contributed by atoms with E-state index < -0.39 is 34.6 Å². The molecule has 2 N–H and O–H groups in total. The summed E-state index contributed by atoms with van der Waals surface area (Å²) in [5.74, 6) is -0.649. The zero-order valence-corrected chi connectivity index (χ0v) is 17.9. The molecule has 2 aliphatic heterocycles. The van der Waals surface area contributed by atoms with Gasteiger partial charge >= 0.3 is 12.3 Å². The van der Waals surface area contributed by atoms with Crippen LogP contribution in [0.2, 0.25) is 0 Å². The quantitative estimate of drug-likeness (QED) is 0.664. The minimum absolute atomic E-state index is 0.0215. The van der Waals surface area contributed by atoms with Gasteiger partial charge in [0, 0.05) is 18.8 Å². The van der Waals surface area contributed by atoms with Crippen LogP contribution in [-0.4, -0.2) is 42.0 Å². The molecule has 1 aromatic carbocycles. The van der Waals surface area contributed by atoms with Gasteiger partial charge in [-0.25, -0.2) is 4.79 Å². The van der Waals surface area contributed by atoms with Crippen molar-refractivity contribution >= 4 is 40.8 Å². The van der Waals surface area contributed by atoms with Crippen LogP contribution in [0.3, 0.4) is 0 Å². The van der Waals surface area contributed by atoms with Gasteiger partial charge in [0.25, 0.3) is 11.1 Å². The lowest BCUT2D eigenvalue weighted by Crippen LogP contribution is -2.40. The number of carbonyl (C=O) groups is 3. The number of hydrogen-bond donors (Lipinski definition) is 2. The van der Waals surface area contributed by atoms with Gasteiger partial charge in [-0.2, -0.15) is 13.2 Å². The molecule has 168 valence electrons. The van der Waals surface area contributed by atoms with Crippen molar-refractivity contribution in [1.29, 1.82) is 0 Å². The number of nitrogens with one attached hydrogen (secondary N) is 2. The van der Waals surface area contributed by atoms with Crippen LogP contribution in [0, 0.1) is 0 Å². The van der Waals surface area contributed by atoms with E-state index in [4.69, 9.17) is 4.74 Å². The highest BCUT2D eigenvalue weighted by atomic mass is 32.2. The van der Waals surface area contributed by atoms with Crippen molar-refractivity contribution in [2.45, 2.75) is 45.0 Å². The van der Waals surface area contributed by atoms with E-state index >= 15 is 0 Å². The molecule has 0 radical (unpaired) electrons. The highest BCUT2D eigenvalue weighted by Crippen LogP contribution is 2.36. The first-order valence-electron chi connectivity index (χ1n) is 9.52. The summed E-state index contributed by atoms with van der Waals surface area (Å²) in [6.45, 7) is 6.09. The third kappa shape index (κ3) is 5.93. The zero-order chi connectivity index (χ0) is 23.0. The van der Waals surface area contributed by atoms with Gasteiger partial charge in [-0.05, 0) is 68.8 Å². The van der Waals surface area contributed by atoms with Crippen molar-refractivity contribution in [3.05, 3.63) is 34.2 Å². The minimum Gasteiger partial charge on any atom is -0.444 e. The Hall–Kier alpha value is -2.69. The number of amides is 3. The van der Waals surface area contributed by atoms with Crippen molar-refractivity contribution in [2.75, 3.05) is 18.0 Å². The number of halogens is 3. The molecule has 3 amide bonds. The zero-order valence-electron chi connectivity index (χ0n) is 17.1. The van der Waals surface area contributed by atoms with Gasteiger partial charge in [-0.15, -0.1) is 0 Å². The molecule has 3 rings (SSSR count). The highest BCUT2D eigenvalue weighted by Gasteiger charge is 2.33. The lowest BCUT2D eigenvalue weighted by Gasteiger charge is -2.24. The van der Waals surface area contributed by atoms with Crippen LogP contribution < -0.4 is 15.5 Å². The molecule has 31 heavy (non-hydrogen) atoms. The number of anilines is 1. The number of thioether (sulfide) groups is 1. The molecule has 0 aliphatic carbocycles. The third-order valence-corrected chi connectivity index (χ3v) is 5.34. The fourth-order valence-electron chi connectivity index (χ4n) is 3.27. The Morgan fingerprint density at radius 3 is 2.58 bits per heavy atom. The molecule has 1 aromatic rings. The molecule has 2 aliphatic rings. The van der Waals surface area contributed by atoms with Gasteiger partial charge in [0.1, 0.15) is 5.60 Å². The summed E-state index contributed by atoms with van der Waals surface area (Å²) in [6, 6.07) is 3.01. The van der Waals surface area contributed by atoms with Crippen LogP contribution in [0.15, 0.2) is 23.1 Å². The van der Waals surface area contributed by atoms with Gasteiger partial charge in [-0.1, -0.05) is 0 Å². The smallest absolute Gasteiger partial charge is 0.416 e. The number of carbonyl (C=O) groups excluding carboxylic acids is 3. The molecular weight excluding hydrogens is 435 g/mol. The van der Waals surface area contributed by atoms with Gasteiger partial charge < -0.3 is 15.0 Å². The minimum atomic E-state index is -4.56. The third-order valence-electron chi connectivity index (χ3n) is 4.53. The van der Waals surface area contributed by atoms with Gasteiger partial charge in [0.05, 0.1) is 16.5 Å². The lowest BCUT2D eigenvalue weighted by atomic mass is 10.1. The molecule has 7 nitrogen and oxygen atoms in total.